The molecule has 138 valence electrons. The molecule has 0 radical (unpaired) electrons. The Hall–Kier alpha value is -2.70. The third-order valence-electron chi connectivity index (χ3n) is 4.78. The zero-order chi connectivity index (χ0) is 18.8. The minimum absolute atomic E-state index is 0.639. The molecule has 7 heteroatoms. The Morgan fingerprint density at radius 1 is 1.00 bits per heavy atom. The van der Waals surface area contributed by atoms with E-state index in [1.54, 1.807) is 0 Å². The van der Waals surface area contributed by atoms with E-state index in [2.05, 4.69) is 22.4 Å². The molecular formula is C20H21ClN6. The van der Waals surface area contributed by atoms with Crippen LogP contribution in [0.2, 0.25) is 5.02 Å². The van der Waals surface area contributed by atoms with Crippen LogP contribution in [0.3, 0.4) is 0 Å². The van der Waals surface area contributed by atoms with E-state index < -0.39 is 0 Å². The van der Waals surface area contributed by atoms with Crippen LogP contribution in [-0.2, 0) is 19.6 Å². The number of rotatable bonds is 6. The summed E-state index contributed by atoms with van der Waals surface area (Å²) in [7, 11) is 0. The maximum atomic E-state index is 6.29. The fourth-order valence-electron chi connectivity index (χ4n) is 3.24. The van der Waals surface area contributed by atoms with Crippen LogP contribution in [0, 0.1) is 13.8 Å². The number of fused-ring (bicyclic) bond motifs is 1. The first-order chi connectivity index (χ1) is 13.1. The number of halogens is 1. The van der Waals surface area contributed by atoms with Crippen LogP contribution in [0.25, 0.3) is 5.65 Å². The maximum absolute atomic E-state index is 6.29. The number of hydrogen-bond acceptors (Lipinski definition) is 4. The average Bonchev–Trinajstić information content (AvgIpc) is 3.20. The van der Waals surface area contributed by atoms with Gasteiger partial charge in [0.1, 0.15) is 0 Å². The molecule has 0 unspecified atom stereocenters. The Morgan fingerprint density at radius 2 is 1.81 bits per heavy atom. The van der Waals surface area contributed by atoms with Gasteiger partial charge in [-0.1, -0.05) is 35.9 Å². The quantitative estimate of drug-likeness (QED) is 0.556. The predicted octanol–water partition coefficient (Wildman–Crippen LogP) is 3.53. The second-order valence-corrected chi connectivity index (χ2v) is 6.95. The van der Waals surface area contributed by atoms with E-state index >= 15 is 0 Å². The topological polar surface area (TPSA) is 60.0 Å². The number of hydrogen-bond donors (Lipinski definition) is 1. The van der Waals surface area contributed by atoms with E-state index in [4.69, 9.17) is 16.7 Å². The zero-order valence-electron chi connectivity index (χ0n) is 15.4. The van der Waals surface area contributed by atoms with Crippen LogP contribution in [-0.4, -0.2) is 24.4 Å². The van der Waals surface area contributed by atoms with Gasteiger partial charge in [0.2, 0.25) is 0 Å². The molecule has 27 heavy (non-hydrogen) atoms. The third-order valence-corrected chi connectivity index (χ3v) is 5.15. The molecule has 0 saturated carbocycles. The maximum Gasteiger partial charge on any atom is 0.160 e. The highest BCUT2D eigenvalue weighted by molar-refractivity contribution is 6.31. The summed E-state index contributed by atoms with van der Waals surface area (Å²) in [6, 6.07) is 13.8. The van der Waals surface area contributed by atoms with E-state index in [1.165, 1.54) is 5.56 Å². The molecule has 0 amide bonds. The van der Waals surface area contributed by atoms with Crippen molar-refractivity contribution >= 4 is 17.2 Å². The SMILES string of the molecule is Cc1nn(Cc2ccccc2Cl)c(C)c1CNCc1nnc2ccccn12. The first kappa shape index (κ1) is 17.7. The Bertz CT molecular complexity index is 1080. The van der Waals surface area contributed by atoms with Gasteiger partial charge in [-0.25, -0.2) is 0 Å². The largest absolute Gasteiger partial charge is 0.306 e. The molecule has 1 aromatic carbocycles. The first-order valence-corrected chi connectivity index (χ1v) is 9.27. The van der Waals surface area contributed by atoms with E-state index in [9.17, 15) is 0 Å². The van der Waals surface area contributed by atoms with Crippen LogP contribution in [0.15, 0.2) is 48.7 Å². The Labute approximate surface area is 162 Å². The van der Waals surface area contributed by atoms with Gasteiger partial charge in [-0.05, 0) is 37.6 Å². The summed E-state index contributed by atoms with van der Waals surface area (Å²) in [5, 5.41) is 17.4. The molecule has 0 fully saturated rings. The van der Waals surface area contributed by atoms with Gasteiger partial charge >= 0.3 is 0 Å². The summed E-state index contributed by atoms with van der Waals surface area (Å²) < 4.78 is 4.01. The first-order valence-electron chi connectivity index (χ1n) is 8.89. The van der Waals surface area contributed by atoms with E-state index in [0.29, 0.717) is 13.1 Å². The van der Waals surface area contributed by atoms with Crippen LogP contribution < -0.4 is 5.32 Å². The highest BCUT2D eigenvalue weighted by Gasteiger charge is 2.13. The molecule has 4 aromatic rings. The van der Waals surface area contributed by atoms with Crippen molar-refractivity contribution < 1.29 is 0 Å². The standard InChI is InChI=1S/C20H21ClN6/c1-14-17(11-22-12-20-24-23-19-9-5-6-10-26(19)20)15(2)27(25-14)13-16-7-3-4-8-18(16)21/h3-10,22H,11-13H2,1-2H3. The normalized spacial score (nSPS) is 11.4. The minimum Gasteiger partial charge on any atom is -0.306 e. The van der Waals surface area contributed by atoms with E-state index in [-0.39, 0.29) is 0 Å². The predicted molar refractivity (Wildman–Crippen MR) is 106 cm³/mol. The summed E-state index contributed by atoms with van der Waals surface area (Å²) in [6.07, 6.45) is 1.98. The molecule has 3 heterocycles. The molecule has 0 spiro atoms. The lowest BCUT2D eigenvalue weighted by Gasteiger charge is -2.08. The number of nitrogens with one attached hydrogen (secondary N) is 1. The number of nitrogens with zero attached hydrogens (tertiary/aromatic N) is 5. The molecule has 0 bridgehead atoms. The van der Waals surface area contributed by atoms with Gasteiger partial charge in [0.05, 0.1) is 18.8 Å². The Morgan fingerprint density at radius 3 is 2.67 bits per heavy atom. The van der Waals surface area contributed by atoms with E-state index in [0.717, 1.165) is 40.0 Å². The molecule has 0 aliphatic rings. The van der Waals surface area contributed by atoms with Crippen molar-refractivity contribution in [1.82, 2.24) is 29.7 Å². The van der Waals surface area contributed by atoms with Crippen LogP contribution in [0.5, 0.6) is 0 Å². The lowest BCUT2D eigenvalue weighted by Crippen LogP contribution is -2.16. The Balaban J connectivity index is 1.46. The van der Waals surface area contributed by atoms with Gasteiger partial charge in [-0.2, -0.15) is 5.10 Å². The van der Waals surface area contributed by atoms with Gasteiger partial charge in [-0.15, -0.1) is 10.2 Å². The molecule has 0 saturated heterocycles. The van der Waals surface area contributed by atoms with E-state index in [1.807, 2.05) is 64.7 Å². The van der Waals surface area contributed by atoms with Gasteiger partial charge < -0.3 is 5.32 Å². The highest BCUT2D eigenvalue weighted by atomic mass is 35.5. The number of benzene rings is 1. The molecule has 0 aliphatic carbocycles. The summed E-state index contributed by atoms with van der Waals surface area (Å²) in [5.74, 6) is 0.893. The van der Waals surface area contributed by atoms with Crippen molar-refractivity contribution in [2.45, 2.75) is 33.5 Å². The second kappa shape index (κ2) is 7.50. The Kier molecular flexibility index (Phi) is 4.92. The molecule has 4 rings (SSSR count). The number of aromatic nitrogens is 5. The van der Waals surface area contributed by atoms with Crippen molar-refractivity contribution in [3.63, 3.8) is 0 Å². The molecule has 6 nitrogen and oxygen atoms in total. The van der Waals surface area contributed by atoms with Crippen molar-refractivity contribution in [3.05, 3.63) is 82.0 Å². The van der Waals surface area contributed by atoms with Gasteiger partial charge in [0.15, 0.2) is 11.5 Å². The lowest BCUT2D eigenvalue weighted by atomic mass is 10.2. The van der Waals surface area contributed by atoms with Crippen molar-refractivity contribution in [3.8, 4) is 0 Å². The van der Waals surface area contributed by atoms with Crippen LogP contribution >= 0.6 is 11.6 Å². The average molecular weight is 381 g/mol. The summed E-state index contributed by atoms with van der Waals surface area (Å²) in [6.45, 7) is 6.17. The summed E-state index contributed by atoms with van der Waals surface area (Å²) in [5.41, 5.74) is 5.30. The second-order valence-electron chi connectivity index (χ2n) is 6.55. The molecule has 1 N–H and O–H groups in total. The third kappa shape index (κ3) is 3.59. The molecular weight excluding hydrogens is 360 g/mol. The fraction of sp³-hybridized carbons (Fsp3) is 0.250. The summed E-state index contributed by atoms with van der Waals surface area (Å²) in [4.78, 5) is 0. The van der Waals surface area contributed by atoms with Gasteiger partial charge in [0.25, 0.3) is 0 Å². The monoisotopic (exact) mass is 380 g/mol. The minimum atomic E-state index is 0.639. The van der Waals surface area contributed by atoms with Gasteiger partial charge in [-0.3, -0.25) is 9.08 Å². The fourth-order valence-corrected chi connectivity index (χ4v) is 3.44. The summed E-state index contributed by atoms with van der Waals surface area (Å²) >= 11 is 6.29. The van der Waals surface area contributed by atoms with Crippen LogP contribution in [0.1, 0.15) is 28.3 Å². The van der Waals surface area contributed by atoms with Crippen LogP contribution in [0.4, 0.5) is 0 Å². The highest BCUT2D eigenvalue weighted by Crippen LogP contribution is 2.19. The molecule has 0 aliphatic heterocycles. The van der Waals surface area contributed by atoms with Crippen molar-refractivity contribution in [2.75, 3.05) is 0 Å². The lowest BCUT2D eigenvalue weighted by molar-refractivity contribution is 0.642. The number of aryl methyl sites for hydroxylation is 1. The van der Waals surface area contributed by atoms with Crippen molar-refractivity contribution in [1.29, 1.82) is 0 Å². The molecule has 3 aromatic heterocycles. The number of pyridine rings is 1. The van der Waals surface area contributed by atoms with Gasteiger partial charge in [0, 0.05) is 29.0 Å². The zero-order valence-corrected chi connectivity index (χ0v) is 16.1. The van der Waals surface area contributed by atoms with Crippen molar-refractivity contribution in [2.24, 2.45) is 0 Å². The smallest absolute Gasteiger partial charge is 0.160 e. The molecule has 0 atom stereocenters.